The van der Waals surface area contributed by atoms with Crippen LogP contribution in [0.1, 0.15) is 52.4 Å². The molecule has 0 radical (unpaired) electrons. The Kier molecular flexibility index (Phi) is 6.41. The molecule has 0 spiro atoms. The van der Waals surface area contributed by atoms with Crippen LogP contribution in [0.15, 0.2) is 30.6 Å². The Morgan fingerprint density at radius 3 is 2.81 bits per heavy atom. The number of ether oxygens (including phenoxy) is 2. The van der Waals surface area contributed by atoms with E-state index in [-0.39, 0.29) is 5.91 Å². The zero-order valence-corrected chi connectivity index (χ0v) is 20.7. The van der Waals surface area contributed by atoms with Crippen molar-refractivity contribution >= 4 is 5.91 Å². The molecule has 1 N–H and O–H groups in total. The summed E-state index contributed by atoms with van der Waals surface area (Å²) in [4.78, 5) is 25.1. The molecule has 1 saturated carbocycles. The number of nitrogens with one attached hydrogen (secondary N) is 1. The number of morpholine rings is 1. The van der Waals surface area contributed by atoms with Gasteiger partial charge in [0.15, 0.2) is 0 Å². The normalized spacial score (nSPS) is 17.4. The van der Waals surface area contributed by atoms with Gasteiger partial charge in [-0.3, -0.25) is 9.69 Å². The van der Waals surface area contributed by atoms with Crippen molar-refractivity contribution in [3.63, 3.8) is 0 Å². The van der Waals surface area contributed by atoms with E-state index in [1.54, 1.807) is 18.0 Å². The average Bonchev–Trinajstić information content (AvgIpc) is 3.68. The molecule has 1 aromatic carbocycles. The summed E-state index contributed by atoms with van der Waals surface area (Å²) in [6, 6.07) is 6.16. The Morgan fingerprint density at radius 1 is 1.17 bits per heavy atom. The second kappa shape index (κ2) is 9.99. The predicted octanol–water partition coefficient (Wildman–Crippen LogP) is 2.77. The van der Waals surface area contributed by atoms with E-state index in [1.807, 2.05) is 18.3 Å². The Balaban J connectivity index is 1.22. The van der Waals surface area contributed by atoms with Crippen molar-refractivity contribution in [2.24, 2.45) is 0 Å². The van der Waals surface area contributed by atoms with E-state index < -0.39 is 0 Å². The summed E-state index contributed by atoms with van der Waals surface area (Å²) in [6.07, 6.45) is 8.45. The third kappa shape index (κ3) is 4.60. The standard InChI is InChI=1S/C27H32N6O3/c1-35-21-8-7-18-3-6-20-16-29-27(31-24(20)22(18)15-21)33-25(19-4-5-19)23(17-30-33)26(34)28-9-2-10-32-11-13-36-14-12-32/h7-8,15-17,19H,2-6,9-14H2,1H3,(H,28,34). The number of hydrogen-bond donors (Lipinski definition) is 1. The molecule has 2 fully saturated rings. The van der Waals surface area contributed by atoms with Crippen LogP contribution in [0.2, 0.25) is 0 Å². The Bertz CT molecular complexity index is 1260. The van der Waals surface area contributed by atoms with Crippen molar-refractivity contribution in [3.05, 3.63) is 53.0 Å². The first kappa shape index (κ1) is 23.1. The molecule has 0 atom stereocenters. The van der Waals surface area contributed by atoms with Gasteiger partial charge in [0.05, 0.1) is 43.5 Å². The molecule has 1 amide bonds. The van der Waals surface area contributed by atoms with Crippen LogP contribution in [0.5, 0.6) is 5.75 Å². The van der Waals surface area contributed by atoms with Crippen LogP contribution in [-0.2, 0) is 17.6 Å². The summed E-state index contributed by atoms with van der Waals surface area (Å²) >= 11 is 0. The number of carbonyl (C=O) groups is 1. The highest BCUT2D eigenvalue weighted by atomic mass is 16.5. The van der Waals surface area contributed by atoms with Crippen molar-refractivity contribution in [3.8, 4) is 23.0 Å². The zero-order chi connectivity index (χ0) is 24.5. The fourth-order valence-electron chi connectivity index (χ4n) is 5.17. The Labute approximate surface area is 210 Å². The molecular weight excluding hydrogens is 456 g/mol. The molecular formula is C27H32N6O3. The first-order valence-corrected chi connectivity index (χ1v) is 12.9. The van der Waals surface area contributed by atoms with Crippen LogP contribution < -0.4 is 10.1 Å². The summed E-state index contributed by atoms with van der Waals surface area (Å²) in [6.45, 7) is 5.11. The van der Waals surface area contributed by atoms with Gasteiger partial charge in [-0.15, -0.1) is 0 Å². The molecule has 3 aliphatic rings. The molecule has 3 aromatic rings. The van der Waals surface area contributed by atoms with Gasteiger partial charge in [0.1, 0.15) is 5.75 Å². The van der Waals surface area contributed by atoms with E-state index in [0.717, 1.165) is 93.2 Å². The van der Waals surface area contributed by atoms with Crippen molar-refractivity contribution in [1.82, 2.24) is 30.0 Å². The number of nitrogens with zero attached hydrogens (tertiary/aromatic N) is 5. The van der Waals surface area contributed by atoms with Gasteiger partial charge in [0.25, 0.3) is 11.9 Å². The second-order valence-corrected chi connectivity index (χ2v) is 9.76. The number of amides is 1. The lowest BCUT2D eigenvalue weighted by Crippen LogP contribution is -2.38. The van der Waals surface area contributed by atoms with Gasteiger partial charge in [0.2, 0.25) is 0 Å². The highest BCUT2D eigenvalue weighted by molar-refractivity contribution is 5.95. The summed E-state index contributed by atoms with van der Waals surface area (Å²) < 4.78 is 12.6. The summed E-state index contributed by atoms with van der Waals surface area (Å²) in [7, 11) is 1.68. The van der Waals surface area contributed by atoms with Gasteiger partial charge in [-0.25, -0.2) is 14.6 Å². The van der Waals surface area contributed by atoms with E-state index in [4.69, 9.17) is 14.5 Å². The van der Waals surface area contributed by atoms with Crippen molar-refractivity contribution in [2.75, 3.05) is 46.5 Å². The molecule has 3 heterocycles. The van der Waals surface area contributed by atoms with E-state index in [1.165, 1.54) is 5.56 Å². The highest BCUT2D eigenvalue weighted by Gasteiger charge is 2.34. The predicted molar refractivity (Wildman–Crippen MR) is 135 cm³/mol. The number of fused-ring (bicyclic) bond motifs is 3. The molecule has 2 aliphatic carbocycles. The maximum absolute atomic E-state index is 13.1. The third-order valence-corrected chi connectivity index (χ3v) is 7.33. The Morgan fingerprint density at radius 2 is 2.00 bits per heavy atom. The largest absolute Gasteiger partial charge is 0.497 e. The molecule has 2 aromatic heterocycles. The monoisotopic (exact) mass is 488 g/mol. The van der Waals surface area contributed by atoms with E-state index in [0.29, 0.717) is 24.0 Å². The number of aromatic nitrogens is 4. The van der Waals surface area contributed by atoms with Gasteiger partial charge < -0.3 is 14.8 Å². The SMILES string of the molecule is COc1ccc2c(c1)-c1nc(-n3ncc(C(=O)NCCCN4CCOCC4)c3C3CC3)ncc1CC2. The van der Waals surface area contributed by atoms with Crippen LogP contribution in [0.4, 0.5) is 0 Å². The van der Waals surface area contributed by atoms with Crippen molar-refractivity contribution in [1.29, 1.82) is 0 Å². The molecule has 0 bridgehead atoms. The van der Waals surface area contributed by atoms with Crippen LogP contribution in [0, 0.1) is 0 Å². The zero-order valence-electron chi connectivity index (χ0n) is 20.7. The van der Waals surface area contributed by atoms with E-state index in [2.05, 4.69) is 26.4 Å². The summed E-state index contributed by atoms with van der Waals surface area (Å²) in [5.74, 6) is 1.57. The number of methoxy groups -OCH3 is 1. The quantitative estimate of drug-likeness (QED) is 0.487. The van der Waals surface area contributed by atoms with E-state index >= 15 is 0 Å². The minimum atomic E-state index is -0.0711. The number of carbonyl (C=O) groups excluding carboxylic acids is 1. The lowest BCUT2D eigenvalue weighted by molar-refractivity contribution is 0.0374. The highest BCUT2D eigenvalue weighted by Crippen LogP contribution is 2.42. The van der Waals surface area contributed by atoms with Gasteiger partial charge in [0, 0.05) is 37.3 Å². The van der Waals surface area contributed by atoms with E-state index in [9.17, 15) is 4.79 Å². The van der Waals surface area contributed by atoms with Crippen LogP contribution in [-0.4, -0.2) is 77.1 Å². The number of aryl methyl sites for hydroxylation is 2. The first-order chi connectivity index (χ1) is 17.7. The third-order valence-electron chi connectivity index (χ3n) is 7.33. The first-order valence-electron chi connectivity index (χ1n) is 12.9. The maximum atomic E-state index is 13.1. The molecule has 6 rings (SSSR count). The smallest absolute Gasteiger partial charge is 0.254 e. The molecule has 1 saturated heterocycles. The lowest BCUT2D eigenvalue weighted by atomic mass is 9.90. The average molecular weight is 489 g/mol. The fourth-order valence-corrected chi connectivity index (χ4v) is 5.17. The molecule has 0 unspecified atom stereocenters. The molecule has 1 aliphatic heterocycles. The number of rotatable bonds is 8. The number of benzene rings is 1. The minimum absolute atomic E-state index is 0.0711. The maximum Gasteiger partial charge on any atom is 0.254 e. The van der Waals surface area contributed by atoms with Gasteiger partial charge in [-0.05, 0) is 61.9 Å². The second-order valence-electron chi connectivity index (χ2n) is 9.76. The van der Waals surface area contributed by atoms with Gasteiger partial charge in [-0.1, -0.05) is 6.07 Å². The van der Waals surface area contributed by atoms with Crippen molar-refractivity contribution < 1.29 is 14.3 Å². The van der Waals surface area contributed by atoms with Gasteiger partial charge >= 0.3 is 0 Å². The molecule has 9 nitrogen and oxygen atoms in total. The fraction of sp³-hybridized carbons (Fsp3) is 0.481. The van der Waals surface area contributed by atoms with Crippen LogP contribution >= 0.6 is 0 Å². The lowest BCUT2D eigenvalue weighted by Gasteiger charge is -2.26. The summed E-state index contributed by atoms with van der Waals surface area (Å²) in [5.41, 5.74) is 5.93. The molecule has 9 heteroatoms. The molecule has 36 heavy (non-hydrogen) atoms. The van der Waals surface area contributed by atoms with Gasteiger partial charge in [-0.2, -0.15) is 5.10 Å². The van der Waals surface area contributed by atoms with Crippen molar-refractivity contribution in [2.45, 2.75) is 38.0 Å². The Hall–Kier alpha value is -3.30. The van der Waals surface area contributed by atoms with Crippen LogP contribution in [0.25, 0.3) is 17.2 Å². The number of hydrogen-bond acceptors (Lipinski definition) is 7. The molecule has 188 valence electrons. The summed E-state index contributed by atoms with van der Waals surface area (Å²) in [5, 5.41) is 7.69. The topological polar surface area (TPSA) is 94.4 Å². The van der Waals surface area contributed by atoms with Crippen LogP contribution in [0.3, 0.4) is 0 Å². The minimum Gasteiger partial charge on any atom is -0.497 e.